The lowest BCUT2D eigenvalue weighted by molar-refractivity contribution is -0.127. The Balaban J connectivity index is 1.81. The predicted molar refractivity (Wildman–Crippen MR) is 82.7 cm³/mol. The van der Waals surface area contributed by atoms with Gasteiger partial charge in [0.05, 0.1) is 0 Å². The van der Waals surface area contributed by atoms with Crippen molar-refractivity contribution in [3.05, 3.63) is 35.9 Å². The van der Waals surface area contributed by atoms with Crippen LogP contribution in [0.1, 0.15) is 31.7 Å². The molecule has 1 amide bonds. The fraction of sp³-hybridized carbons (Fsp3) is 0.588. The summed E-state index contributed by atoms with van der Waals surface area (Å²) in [5.74, 6) is 1.35. The molecule has 1 aromatic carbocycles. The number of carbonyl (C=O) groups is 1. The largest absolute Gasteiger partial charge is 0.343 e. The second-order valence-corrected chi connectivity index (χ2v) is 6.04. The number of amides is 1. The molecule has 0 saturated carbocycles. The Morgan fingerprint density at radius 3 is 2.65 bits per heavy atom. The summed E-state index contributed by atoms with van der Waals surface area (Å²) < 4.78 is 0. The summed E-state index contributed by atoms with van der Waals surface area (Å²) in [6.45, 7) is 8.16. The Hall–Kier alpha value is -1.35. The van der Waals surface area contributed by atoms with E-state index in [1.807, 2.05) is 4.90 Å². The highest BCUT2D eigenvalue weighted by molar-refractivity contribution is 5.78. The van der Waals surface area contributed by atoms with Crippen molar-refractivity contribution in [2.75, 3.05) is 33.2 Å². The highest BCUT2D eigenvalue weighted by atomic mass is 16.2. The molecule has 1 heterocycles. The molecule has 20 heavy (non-hydrogen) atoms. The Morgan fingerprint density at radius 2 is 2.05 bits per heavy atom. The van der Waals surface area contributed by atoms with Crippen LogP contribution in [-0.2, 0) is 4.79 Å². The minimum Gasteiger partial charge on any atom is -0.343 e. The van der Waals surface area contributed by atoms with Gasteiger partial charge in [-0.15, -0.1) is 0 Å². The molecule has 0 radical (unpaired) electrons. The third-order valence-corrected chi connectivity index (χ3v) is 4.20. The molecule has 1 fully saturated rings. The molecule has 0 aliphatic carbocycles. The van der Waals surface area contributed by atoms with Gasteiger partial charge in [-0.25, -0.2) is 0 Å². The van der Waals surface area contributed by atoms with Crippen molar-refractivity contribution < 1.29 is 4.79 Å². The van der Waals surface area contributed by atoms with Crippen LogP contribution in [0.3, 0.4) is 0 Å². The summed E-state index contributed by atoms with van der Waals surface area (Å²) in [6, 6.07) is 10.6. The molecule has 2 atom stereocenters. The molecule has 0 bridgehead atoms. The van der Waals surface area contributed by atoms with Crippen molar-refractivity contribution >= 4 is 5.91 Å². The van der Waals surface area contributed by atoms with Gasteiger partial charge in [-0.05, 0) is 31.4 Å². The number of hydrogen-bond acceptors (Lipinski definition) is 2. The summed E-state index contributed by atoms with van der Waals surface area (Å²) in [5, 5.41) is 0. The average Bonchev–Trinajstić information content (AvgIpc) is 2.79. The average molecular weight is 274 g/mol. The van der Waals surface area contributed by atoms with Gasteiger partial charge in [-0.1, -0.05) is 37.3 Å². The van der Waals surface area contributed by atoms with E-state index in [0.29, 0.717) is 17.7 Å². The van der Waals surface area contributed by atoms with Gasteiger partial charge >= 0.3 is 0 Å². The van der Waals surface area contributed by atoms with Gasteiger partial charge < -0.3 is 9.80 Å². The molecule has 3 nitrogen and oxygen atoms in total. The highest BCUT2D eigenvalue weighted by Crippen LogP contribution is 2.20. The van der Waals surface area contributed by atoms with Crippen molar-refractivity contribution in [3.8, 4) is 0 Å². The van der Waals surface area contributed by atoms with E-state index in [1.54, 1.807) is 0 Å². The third-order valence-electron chi connectivity index (χ3n) is 4.20. The Labute approximate surface area is 122 Å². The molecular weight excluding hydrogens is 248 g/mol. The van der Waals surface area contributed by atoms with Crippen LogP contribution in [0.15, 0.2) is 30.3 Å². The molecule has 1 aliphatic heterocycles. The Kier molecular flexibility index (Phi) is 5.18. The molecule has 0 aromatic heterocycles. The zero-order valence-electron chi connectivity index (χ0n) is 12.9. The fourth-order valence-electron chi connectivity index (χ4n) is 3.15. The van der Waals surface area contributed by atoms with Gasteiger partial charge in [0, 0.05) is 32.6 Å². The van der Waals surface area contributed by atoms with Gasteiger partial charge in [0.25, 0.3) is 0 Å². The molecule has 3 heteroatoms. The van der Waals surface area contributed by atoms with E-state index >= 15 is 0 Å². The van der Waals surface area contributed by atoms with E-state index < -0.39 is 0 Å². The number of benzene rings is 1. The molecule has 0 N–H and O–H groups in total. The Bertz CT molecular complexity index is 432. The number of nitrogens with zero attached hydrogens (tertiary/aromatic N) is 2. The van der Waals surface area contributed by atoms with Crippen LogP contribution in [0.2, 0.25) is 0 Å². The molecule has 110 valence electrons. The van der Waals surface area contributed by atoms with Gasteiger partial charge in [-0.2, -0.15) is 0 Å². The summed E-state index contributed by atoms with van der Waals surface area (Å²) in [4.78, 5) is 16.1. The number of hydrogen-bond donors (Lipinski definition) is 0. The first kappa shape index (κ1) is 15.0. The number of rotatable bonds is 6. The van der Waals surface area contributed by atoms with Crippen molar-refractivity contribution in [1.82, 2.24) is 9.80 Å². The van der Waals surface area contributed by atoms with E-state index in [4.69, 9.17) is 0 Å². The van der Waals surface area contributed by atoms with Gasteiger partial charge in [-0.3, -0.25) is 4.79 Å². The lowest BCUT2D eigenvalue weighted by atomic mass is 10.00. The van der Waals surface area contributed by atoms with Crippen LogP contribution in [0.5, 0.6) is 0 Å². The minimum absolute atomic E-state index is 0.321. The van der Waals surface area contributed by atoms with E-state index in [9.17, 15) is 4.79 Å². The molecule has 0 spiro atoms. The molecule has 1 aromatic rings. The van der Waals surface area contributed by atoms with Gasteiger partial charge in [0.15, 0.2) is 0 Å². The topological polar surface area (TPSA) is 23.6 Å². The van der Waals surface area contributed by atoms with E-state index in [2.05, 4.69) is 56.1 Å². The van der Waals surface area contributed by atoms with Crippen LogP contribution < -0.4 is 0 Å². The Morgan fingerprint density at radius 1 is 1.35 bits per heavy atom. The maximum Gasteiger partial charge on any atom is 0.222 e. The van der Waals surface area contributed by atoms with Crippen molar-refractivity contribution in [2.45, 2.75) is 26.2 Å². The number of carbonyl (C=O) groups excluding carboxylic acids is 1. The second-order valence-electron chi connectivity index (χ2n) is 6.04. The van der Waals surface area contributed by atoms with Crippen molar-refractivity contribution in [2.24, 2.45) is 5.92 Å². The van der Waals surface area contributed by atoms with Crippen molar-refractivity contribution in [1.29, 1.82) is 0 Å². The summed E-state index contributed by atoms with van der Waals surface area (Å²) >= 11 is 0. The first-order valence-electron chi connectivity index (χ1n) is 7.61. The monoisotopic (exact) mass is 274 g/mol. The zero-order chi connectivity index (χ0) is 14.5. The van der Waals surface area contributed by atoms with Crippen LogP contribution >= 0.6 is 0 Å². The first-order chi connectivity index (χ1) is 9.60. The van der Waals surface area contributed by atoms with Crippen LogP contribution in [0, 0.1) is 5.92 Å². The lowest BCUT2D eigenvalue weighted by Crippen LogP contribution is -2.31. The maximum absolute atomic E-state index is 11.7. The zero-order valence-corrected chi connectivity index (χ0v) is 12.9. The normalized spacial score (nSPS) is 20.7. The lowest BCUT2D eigenvalue weighted by Gasteiger charge is -2.24. The smallest absolute Gasteiger partial charge is 0.222 e. The fourth-order valence-corrected chi connectivity index (χ4v) is 3.15. The van der Waals surface area contributed by atoms with E-state index in [1.165, 1.54) is 5.56 Å². The molecule has 1 aliphatic rings. The molecular formula is C17H26N2O. The SMILES string of the molecule is CCN1C[C@@H](CN(C)C[C@@H](C)c2ccccc2)CC1=O. The van der Waals surface area contributed by atoms with E-state index in [-0.39, 0.29) is 0 Å². The number of likely N-dealkylation sites (N-methyl/N-ethyl adjacent to an activating group) is 1. The summed E-state index contributed by atoms with van der Waals surface area (Å²) in [5.41, 5.74) is 1.39. The van der Waals surface area contributed by atoms with Crippen LogP contribution in [0.25, 0.3) is 0 Å². The van der Waals surface area contributed by atoms with E-state index in [0.717, 1.165) is 32.6 Å². The predicted octanol–water partition coefficient (Wildman–Crippen LogP) is 2.59. The standard InChI is InChI=1S/C17H26N2O/c1-4-19-13-15(10-17(19)20)12-18(3)11-14(2)16-8-6-5-7-9-16/h5-9,14-15H,4,10-13H2,1-3H3/t14-,15-/m1/s1. The quantitative estimate of drug-likeness (QED) is 0.796. The molecule has 0 unspecified atom stereocenters. The highest BCUT2D eigenvalue weighted by Gasteiger charge is 2.29. The third kappa shape index (κ3) is 3.83. The van der Waals surface area contributed by atoms with Crippen LogP contribution in [-0.4, -0.2) is 48.9 Å². The first-order valence-corrected chi connectivity index (χ1v) is 7.61. The minimum atomic E-state index is 0.321. The number of likely N-dealkylation sites (tertiary alicyclic amines) is 1. The second kappa shape index (κ2) is 6.89. The molecule has 2 rings (SSSR count). The summed E-state index contributed by atoms with van der Waals surface area (Å²) in [6.07, 6.45) is 0.720. The van der Waals surface area contributed by atoms with Gasteiger partial charge in [0.1, 0.15) is 0 Å². The van der Waals surface area contributed by atoms with Crippen LogP contribution in [0.4, 0.5) is 0 Å². The van der Waals surface area contributed by atoms with Crippen molar-refractivity contribution in [3.63, 3.8) is 0 Å². The molecule has 1 saturated heterocycles. The van der Waals surface area contributed by atoms with Gasteiger partial charge in [0.2, 0.25) is 5.91 Å². The maximum atomic E-state index is 11.7. The summed E-state index contributed by atoms with van der Waals surface area (Å²) in [7, 11) is 2.17.